The fourth-order valence-electron chi connectivity index (χ4n) is 3.48. The zero-order valence-electron chi connectivity index (χ0n) is 17.5. The van der Waals surface area contributed by atoms with Crippen molar-refractivity contribution in [1.29, 1.82) is 0 Å². The molecule has 0 aliphatic heterocycles. The van der Waals surface area contributed by atoms with Crippen LogP contribution in [0.1, 0.15) is 73.9 Å². The van der Waals surface area contributed by atoms with Gasteiger partial charge in [0.05, 0.1) is 12.3 Å². The minimum atomic E-state index is -0.316. The first-order chi connectivity index (χ1) is 12.5. The maximum Gasteiger partial charge on any atom is 0.350 e. The number of ether oxygens (including phenoxy) is 2. The molecular weight excluding hydrogens is 358 g/mol. The molecule has 0 amide bonds. The Balaban J connectivity index is 2.01. The van der Waals surface area contributed by atoms with Crippen molar-refractivity contribution in [2.24, 2.45) is 5.41 Å². The number of aryl methyl sites for hydroxylation is 1. The molecule has 0 saturated carbocycles. The van der Waals surface area contributed by atoms with E-state index in [4.69, 9.17) is 9.47 Å². The molecule has 1 aromatic carbocycles. The summed E-state index contributed by atoms with van der Waals surface area (Å²) in [7, 11) is 0. The zero-order valence-corrected chi connectivity index (χ0v) is 18.3. The van der Waals surface area contributed by atoms with Gasteiger partial charge in [-0.1, -0.05) is 46.8 Å². The van der Waals surface area contributed by atoms with Gasteiger partial charge in [0.2, 0.25) is 0 Å². The van der Waals surface area contributed by atoms with Crippen LogP contribution in [0, 0.1) is 12.3 Å². The molecule has 0 fully saturated rings. The minimum Gasteiger partial charge on any atom is -0.486 e. The molecule has 0 saturated heterocycles. The van der Waals surface area contributed by atoms with Gasteiger partial charge in [0.25, 0.3) is 0 Å². The van der Waals surface area contributed by atoms with Gasteiger partial charge in [-0.3, -0.25) is 0 Å². The van der Waals surface area contributed by atoms with E-state index in [0.717, 1.165) is 17.2 Å². The van der Waals surface area contributed by atoms with Crippen molar-refractivity contribution in [3.8, 4) is 5.75 Å². The van der Waals surface area contributed by atoms with E-state index < -0.39 is 0 Å². The largest absolute Gasteiger partial charge is 0.486 e. The van der Waals surface area contributed by atoms with Crippen molar-refractivity contribution in [3.63, 3.8) is 0 Å². The average Bonchev–Trinajstić information content (AvgIpc) is 2.92. The smallest absolute Gasteiger partial charge is 0.350 e. The lowest BCUT2D eigenvalue weighted by molar-refractivity contribution is 0.0531. The lowest BCUT2D eigenvalue weighted by atomic mass is 9.72. The molecule has 0 radical (unpaired) electrons. The Morgan fingerprint density at radius 1 is 1.11 bits per heavy atom. The molecule has 0 aliphatic rings. The number of benzene rings is 1. The van der Waals surface area contributed by atoms with Crippen LogP contribution in [-0.2, 0) is 16.8 Å². The van der Waals surface area contributed by atoms with Gasteiger partial charge < -0.3 is 9.47 Å². The predicted molar refractivity (Wildman–Crippen MR) is 111 cm³/mol. The van der Waals surface area contributed by atoms with Crippen LogP contribution >= 0.6 is 11.3 Å². The molecule has 0 unspecified atom stereocenters. The standard InChI is InChI=1S/C22H31NO3S/c1-8-25-20(24)19-15(2)23-18(27-19)13-26-17-11-9-16(10-12-17)22(6,7)14-21(3,4)5/h9-12H,8,13-14H2,1-7H3. The van der Waals surface area contributed by atoms with Gasteiger partial charge in [0.1, 0.15) is 22.2 Å². The Hall–Kier alpha value is -1.88. The highest BCUT2D eigenvalue weighted by Crippen LogP contribution is 2.36. The van der Waals surface area contributed by atoms with E-state index in [1.807, 2.05) is 19.1 Å². The lowest BCUT2D eigenvalue weighted by Gasteiger charge is -2.33. The van der Waals surface area contributed by atoms with Crippen LogP contribution in [0.25, 0.3) is 0 Å². The number of thiazole rings is 1. The van der Waals surface area contributed by atoms with Crippen molar-refractivity contribution in [3.05, 3.63) is 45.4 Å². The number of nitrogens with zero attached hydrogens (tertiary/aromatic N) is 1. The van der Waals surface area contributed by atoms with Crippen LogP contribution in [0.3, 0.4) is 0 Å². The second kappa shape index (κ2) is 8.42. The Labute approximate surface area is 166 Å². The quantitative estimate of drug-likeness (QED) is 0.551. The Morgan fingerprint density at radius 2 is 1.74 bits per heavy atom. The van der Waals surface area contributed by atoms with Crippen LogP contribution in [-0.4, -0.2) is 17.6 Å². The molecule has 1 heterocycles. The summed E-state index contributed by atoms with van der Waals surface area (Å²) in [6.45, 7) is 15.7. The second-order valence-corrected chi connectivity index (χ2v) is 9.76. The molecule has 1 aromatic heterocycles. The number of rotatable bonds is 7. The fourth-order valence-corrected chi connectivity index (χ4v) is 4.35. The van der Waals surface area contributed by atoms with Gasteiger partial charge in [0.15, 0.2) is 0 Å². The highest BCUT2D eigenvalue weighted by Gasteiger charge is 2.27. The Morgan fingerprint density at radius 3 is 2.30 bits per heavy atom. The molecule has 0 aliphatic carbocycles. The molecule has 27 heavy (non-hydrogen) atoms. The van der Waals surface area contributed by atoms with Gasteiger partial charge in [-0.2, -0.15) is 0 Å². The van der Waals surface area contributed by atoms with Crippen molar-refractivity contribution in [1.82, 2.24) is 4.98 Å². The molecule has 0 spiro atoms. The third-order valence-corrected chi connectivity index (χ3v) is 5.38. The molecule has 2 aromatic rings. The summed E-state index contributed by atoms with van der Waals surface area (Å²) in [4.78, 5) is 16.9. The predicted octanol–water partition coefficient (Wildman–Crippen LogP) is 5.92. The summed E-state index contributed by atoms with van der Waals surface area (Å²) in [5.41, 5.74) is 2.38. The van der Waals surface area contributed by atoms with Crippen LogP contribution in [0.4, 0.5) is 0 Å². The van der Waals surface area contributed by atoms with Gasteiger partial charge in [-0.05, 0) is 48.8 Å². The van der Waals surface area contributed by atoms with Crippen molar-refractivity contribution >= 4 is 17.3 Å². The summed E-state index contributed by atoms with van der Waals surface area (Å²) >= 11 is 1.33. The zero-order chi connectivity index (χ0) is 20.2. The number of aromatic nitrogens is 1. The third kappa shape index (κ3) is 6.06. The molecule has 0 atom stereocenters. The summed E-state index contributed by atoms with van der Waals surface area (Å²) in [5, 5.41) is 0.771. The molecule has 5 heteroatoms. The van der Waals surface area contributed by atoms with Gasteiger partial charge >= 0.3 is 5.97 Å². The van der Waals surface area contributed by atoms with Gasteiger partial charge in [-0.25, -0.2) is 9.78 Å². The van der Waals surface area contributed by atoms with Crippen LogP contribution in [0.15, 0.2) is 24.3 Å². The summed E-state index contributed by atoms with van der Waals surface area (Å²) in [5.74, 6) is 0.486. The molecule has 0 N–H and O–H groups in total. The maximum atomic E-state index is 11.9. The van der Waals surface area contributed by atoms with E-state index in [-0.39, 0.29) is 16.8 Å². The van der Waals surface area contributed by atoms with Crippen LogP contribution in [0.2, 0.25) is 0 Å². The van der Waals surface area contributed by atoms with Crippen LogP contribution in [0.5, 0.6) is 5.75 Å². The van der Waals surface area contributed by atoms with Crippen molar-refractivity contribution in [2.75, 3.05) is 6.61 Å². The van der Waals surface area contributed by atoms with E-state index in [2.05, 4.69) is 51.7 Å². The average molecular weight is 390 g/mol. The topological polar surface area (TPSA) is 48.4 Å². The summed E-state index contributed by atoms with van der Waals surface area (Å²) < 4.78 is 10.9. The van der Waals surface area contributed by atoms with Gasteiger partial charge in [0, 0.05) is 0 Å². The number of carbonyl (C=O) groups is 1. The molecule has 2 rings (SSSR count). The number of hydrogen-bond donors (Lipinski definition) is 0. The van der Waals surface area contributed by atoms with Crippen molar-refractivity contribution < 1.29 is 14.3 Å². The van der Waals surface area contributed by atoms with E-state index in [1.54, 1.807) is 6.92 Å². The number of carbonyl (C=O) groups excluding carboxylic acids is 1. The van der Waals surface area contributed by atoms with E-state index in [9.17, 15) is 4.79 Å². The third-order valence-electron chi connectivity index (χ3n) is 4.27. The molecule has 148 valence electrons. The molecule has 0 bridgehead atoms. The highest BCUT2D eigenvalue weighted by molar-refractivity contribution is 7.13. The summed E-state index contributed by atoms with van der Waals surface area (Å²) in [6.07, 6.45) is 1.11. The Kier molecular flexibility index (Phi) is 6.68. The number of hydrogen-bond acceptors (Lipinski definition) is 5. The summed E-state index contributed by atoms with van der Waals surface area (Å²) in [6, 6.07) is 8.29. The molecule has 4 nitrogen and oxygen atoms in total. The Bertz CT molecular complexity index is 770. The number of esters is 1. The highest BCUT2D eigenvalue weighted by atomic mass is 32.1. The van der Waals surface area contributed by atoms with E-state index in [1.165, 1.54) is 16.9 Å². The monoisotopic (exact) mass is 389 g/mol. The van der Waals surface area contributed by atoms with Crippen molar-refractivity contribution in [2.45, 2.75) is 66.9 Å². The van der Waals surface area contributed by atoms with Crippen LogP contribution < -0.4 is 4.74 Å². The first kappa shape index (κ1) is 21.4. The molecular formula is C22H31NO3S. The minimum absolute atomic E-state index is 0.109. The normalized spacial score (nSPS) is 12.1. The maximum absolute atomic E-state index is 11.9. The lowest BCUT2D eigenvalue weighted by Crippen LogP contribution is -2.24. The first-order valence-corrected chi connectivity index (χ1v) is 10.2. The SMILES string of the molecule is CCOC(=O)c1sc(COc2ccc(C(C)(C)CC(C)(C)C)cc2)nc1C. The first-order valence-electron chi connectivity index (χ1n) is 9.38. The van der Waals surface area contributed by atoms with E-state index in [0.29, 0.717) is 23.8 Å². The van der Waals surface area contributed by atoms with Gasteiger partial charge in [-0.15, -0.1) is 11.3 Å². The van der Waals surface area contributed by atoms with E-state index >= 15 is 0 Å². The second-order valence-electron chi connectivity index (χ2n) is 8.68. The fraction of sp³-hybridized carbons (Fsp3) is 0.545.